The van der Waals surface area contributed by atoms with Gasteiger partial charge in [-0.2, -0.15) is 0 Å². The first-order valence-electron chi connectivity index (χ1n) is 10.8. The molecular weight excluding hydrogens is 402 g/mol. The quantitative estimate of drug-likeness (QED) is 0.753. The van der Waals surface area contributed by atoms with Crippen molar-refractivity contribution in [1.82, 2.24) is 24.2 Å². The van der Waals surface area contributed by atoms with Crippen LogP contribution in [-0.4, -0.2) is 90.2 Å². The molecule has 3 aliphatic rings. The van der Waals surface area contributed by atoms with Crippen molar-refractivity contribution in [2.75, 3.05) is 55.7 Å². The zero-order chi connectivity index (χ0) is 20.7. The van der Waals surface area contributed by atoms with Crippen molar-refractivity contribution in [2.24, 2.45) is 0 Å². The SMILES string of the molecule is CS(=O)(=O)N1CCC(Nc2ncc3ccnc(N4CCN(C5CC5)CC4)c3n2)CC1. The maximum absolute atomic E-state index is 11.7. The Kier molecular flexibility index (Phi) is 5.24. The van der Waals surface area contributed by atoms with Crippen molar-refractivity contribution in [3.8, 4) is 0 Å². The van der Waals surface area contributed by atoms with Gasteiger partial charge in [0.1, 0.15) is 5.52 Å². The van der Waals surface area contributed by atoms with Gasteiger partial charge in [0.05, 0.1) is 6.26 Å². The van der Waals surface area contributed by atoms with Gasteiger partial charge >= 0.3 is 0 Å². The standard InChI is InChI=1S/C20H29N7O2S/c1-30(28,29)27-8-5-16(6-9-27)23-20-22-14-15-4-7-21-19(18(15)24-20)26-12-10-25(11-13-26)17-2-3-17/h4,7,14,16-17H,2-3,5-6,8-13H2,1H3,(H,22,23,24). The summed E-state index contributed by atoms with van der Waals surface area (Å²) in [6.07, 6.45) is 9.14. The molecule has 5 rings (SSSR count). The van der Waals surface area contributed by atoms with Gasteiger partial charge in [-0.05, 0) is 31.7 Å². The van der Waals surface area contributed by atoms with E-state index in [0.29, 0.717) is 19.0 Å². The molecule has 0 bridgehead atoms. The van der Waals surface area contributed by atoms with Gasteiger partial charge in [-0.3, -0.25) is 4.90 Å². The lowest BCUT2D eigenvalue weighted by atomic mass is 10.1. The van der Waals surface area contributed by atoms with E-state index in [4.69, 9.17) is 4.98 Å². The van der Waals surface area contributed by atoms with E-state index in [1.54, 1.807) is 0 Å². The van der Waals surface area contributed by atoms with Gasteiger partial charge in [0, 0.05) is 69.1 Å². The fraction of sp³-hybridized carbons (Fsp3) is 0.650. The van der Waals surface area contributed by atoms with Gasteiger partial charge in [-0.1, -0.05) is 0 Å². The normalized spacial score (nSPS) is 22.5. The summed E-state index contributed by atoms with van der Waals surface area (Å²) < 4.78 is 25.0. The second-order valence-corrected chi connectivity index (χ2v) is 10.6. The van der Waals surface area contributed by atoms with Gasteiger partial charge in [0.2, 0.25) is 16.0 Å². The molecule has 30 heavy (non-hydrogen) atoms. The maximum atomic E-state index is 11.7. The van der Waals surface area contributed by atoms with Crippen LogP contribution in [0.5, 0.6) is 0 Å². The fourth-order valence-electron chi connectivity index (χ4n) is 4.50. The Bertz CT molecular complexity index is 1010. The molecule has 9 nitrogen and oxygen atoms in total. The first-order valence-corrected chi connectivity index (χ1v) is 12.6. The third kappa shape index (κ3) is 4.21. The highest BCUT2D eigenvalue weighted by Gasteiger charge is 2.32. The number of anilines is 2. The van der Waals surface area contributed by atoms with Gasteiger partial charge < -0.3 is 10.2 Å². The average molecular weight is 432 g/mol. The molecule has 0 atom stereocenters. The second-order valence-electron chi connectivity index (χ2n) is 8.60. The van der Waals surface area contributed by atoms with Crippen molar-refractivity contribution >= 4 is 32.7 Å². The number of fused-ring (bicyclic) bond motifs is 1. The van der Waals surface area contributed by atoms with Crippen LogP contribution >= 0.6 is 0 Å². The molecule has 1 saturated carbocycles. The molecule has 2 saturated heterocycles. The number of piperazine rings is 1. The second kappa shape index (κ2) is 7.90. The van der Waals surface area contributed by atoms with Crippen LogP contribution in [-0.2, 0) is 10.0 Å². The van der Waals surface area contributed by atoms with E-state index in [0.717, 1.165) is 61.8 Å². The van der Waals surface area contributed by atoms with Gasteiger partial charge in [-0.25, -0.2) is 27.7 Å². The Hall–Kier alpha value is -2.04. The van der Waals surface area contributed by atoms with E-state index >= 15 is 0 Å². The third-order valence-corrected chi connectivity index (χ3v) is 7.72. The van der Waals surface area contributed by atoms with Crippen LogP contribution in [0.2, 0.25) is 0 Å². The molecule has 10 heteroatoms. The Morgan fingerprint density at radius 1 is 1.00 bits per heavy atom. The van der Waals surface area contributed by atoms with E-state index < -0.39 is 10.0 Å². The minimum atomic E-state index is -3.12. The number of hydrogen-bond donors (Lipinski definition) is 1. The van der Waals surface area contributed by atoms with Crippen LogP contribution in [0.1, 0.15) is 25.7 Å². The predicted molar refractivity (Wildman–Crippen MR) is 117 cm³/mol. The lowest BCUT2D eigenvalue weighted by Crippen LogP contribution is -2.47. The number of rotatable bonds is 5. The van der Waals surface area contributed by atoms with Crippen molar-refractivity contribution in [1.29, 1.82) is 0 Å². The molecule has 0 amide bonds. The molecule has 0 radical (unpaired) electrons. The molecular formula is C20H29N7O2S. The van der Waals surface area contributed by atoms with E-state index in [1.165, 1.54) is 23.4 Å². The minimum Gasteiger partial charge on any atom is -0.352 e. The minimum absolute atomic E-state index is 0.169. The van der Waals surface area contributed by atoms with Crippen LogP contribution in [0.15, 0.2) is 18.5 Å². The van der Waals surface area contributed by atoms with Crippen LogP contribution in [0.3, 0.4) is 0 Å². The highest BCUT2D eigenvalue weighted by Crippen LogP contribution is 2.30. The number of nitrogens with zero attached hydrogens (tertiary/aromatic N) is 6. The molecule has 3 fully saturated rings. The maximum Gasteiger partial charge on any atom is 0.223 e. The molecule has 1 aliphatic carbocycles. The van der Waals surface area contributed by atoms with Crippen LogP contribution in [0.4, 0.5) is 11.8 Å². The van der Waals surface area contributed by atoms with Gasteiger partial charge in [0.15, 0.2) is 5.82 Å². The Morgan fingerprint density at radius 3 is 2.40 bits per heavy atom. The van der Waals surface area contributed by atoms with E-state index in [9.17, 15) is 8.42 Å². The summed E-state index contributed by atoms with van der Waals surface area (Å²) >= 11 is 0. The Morgan fingerprint density at radius 2 is 1.73 bits per heavy atom. The van der Waals surface area contributed by atoms with Gasteiger partial charge in [-0.15, -0.1) is 0 Å². The molecule has 1 N–H and O–H groups in total. The number of nitrogens with one attached hydrogen (secondary N) is 1. The molecule has 0 aromatic carbocycles. The summed E-state index contributed by atoms with van der Waals surface area (Å²) in [5, 5.41) is 4.40. The highest BCUT2D eigenvalue weighted by atomic mass is 32.2. The van der Waals surface area contributed by atoms with Gasteiger partial charge in [0.25, 0.3) is 0 Å². The summed E-state index contributed by atoms with van der Waals surface area (Å²) in [5.74, 6) is 1.52. The molecule has 2 aromatic rings. The third-order valence-electron chi connectivity index (χ3n) is 6.41. The van der Waals surface area contributed by atoms with E-state index in [2.05, 4.69) is 25.1 Å². The summed E-state index contributed by atoms with van der Waals surface area (Å²) in [4.78, 5) is 18.9. The molecule has 162 valence electrons. The molecule has 0 unspecified atom stereocenters. The molecule has 2 aromatic heterocycles. The zero-order valence-electron chi connectivity index (χ0n) is 17.4. The Labute approximate surface area is 177 Å². The first kappa shape index (κ1) is 19.9. The number of sulfonamides is 1. The predicted octanol–water partition coefficient (Wildman–Crippen LogP) is 1.15. The Balaban J connectivity index is 1.30. The van der Waals surface area contributed by atoms with Crippen molar-refractivity contribution < 1.29 is 8.42 Å². The highest BCUT2D eigenvalue weighted by molar-refractivity contribution is 7.88. The van der Waals surface area contributed by atoms with Crippen molar-refractivity contribution in [2.45, 2.75) is 37.8 Å². The molecule has 2 aliphatic heterocycles. The zero-order valence-corrected chi connectivity index (χ0v) is 18.2. The van der Waals surface area contributed by atoms with Crippen LogP contribution in [0.25, 0.3) is 10.9 Å². The average Bonchev–Trinajstić information content (AvgIpc) is 3.59. The smallest absolute Gasteiger partial charge is 0.223 e. The van der Waals surface area contributed by atoms with E-state index in [-0.39, 0.29) is 6.04 Å². The molecule has 4 heterocycles. The summed E-state index contributed by atoms with van der Waals surface area (Å²) in [5.41, 5.74) is 0.878. The van der Waals surface area contributed by atoms with Crippen LogP contribution < -0.4 is 10.2 Å². The first-order chi connectivity index (χ1) is 14.5. The topological polar surface area (TPSA) is 94.6 Å². The van der Waals surface area contributed by atoms with Crippen molar-refractivity contribution in [3.63, 3.8) is 0 Å². The number of piperidine rings is 1. The summed E-state index contributed by atoms with van der Waals surface area (Å²) in [6.45, 7) is 5.17. The summed E-state index contributed by atoms with van der Waals surface area (Å²) in [7, 11) is -3.12. The molecule has 0 spiro atoms. The lowest BCUT2D eigenvalue weighted by molar-refractivity contribution is 0.248. The monoisotopic (exact) mass is 431 g/mol. The largest absolute Gasteiger partial charge is 0.352 e. The van der Waals surface area contributed by atoms with Crippen LogP contribution in [0, 0.1) is 0 Å². The summed E-state index contributed by atoms with van der Waals surface area (Å²) in [6, 6.07) is 2.93. The number of hydrogen-bond acceptors (Lipinski definition) is 8. The number of pyridine rings is 1. The lowest BCUT2D eigenvalue weighted by Gasteiger charge is -2.35. The fourth-order valence-corrected chi connectivity index (χ4v) is 5.37. The number of aromatic nitrogens is 3. The van der Waals surface area contributed by atoms with E-state index in [1.807, 2.05) is 18.5 Å². The van der Waals surface area contributed by atoms with Crippen molar-refractivity contribution in [3.05, 3.63) is 18.5 Å².